The Balaban J connectivity index is 2.96. The molecule has 2 N–H and O–H groups in total. The quantitative estimate of drug-likeness (QED) is 0.626. The molecule has 0 amide bonds. The van der Waals surface area contributed by atoms with Gasteiger partial charge in [0.05, 0.1) is 5.69 Å². The van der Waals surface area contributed by atoms with E-state index in [0.29, 0.717) is 0 Å². The van der Waals surface area contributed by atoms with Crippen molar-refractivity contribution in [2.45, 2.75) is 26.4 Å². The zero-order valence-corrected chi connectivity index (χ0v) is 6.63. The first kappa shape index (κ1) is 7.28. The molecule has 3 heteroatoms. The molecule has 1 aromatic rings. The first-order valence-corrected chi connectivity index (χ1v) is 3.32. The number of nitrogens with two attached hydrogens (primary N) is 1. The molecule has 0 radical (unpaired) electrons. The molecule has 0 saturated heterocycles. The minimum absolute atomic E-state index is 0.381. The van der Waals surface area contributed by atoms with Gasteiger partial charge in [0.25, 0.3) is 0 Å². The molecule has 0 aromatic carbocycles. The highest BCUT2D eigenvalue weighted by Gasteiger charge is 2.12. The van der Waals surface area contributed by atoms with Gasteiger partial charge < -0.3 is 5.73 Å². The number of rotatable bonds is 1. The van der Waals surface area contributed by atoms with Crippen LogP contribution in [0.1, 0.15) is 19.5 Å². The van der Waals surface area contributed by atoms with Crippen molar-refractivity contribution in [1.82, 2.24) is 9.78 Å². The third-order valence-corrected chi connectivity index (χ3v) is 1.31. The van der Waals surface area contributed by atoms with Crippen molar-refractivity contribution in [1.29, 1.82) is 0 Å². The van der Waals surface area contributed by atoms with E-state index in [1.165, 1.54) is 0 Å². The van der Waals surface area contributed by atoms with Gasteiger partial charge in [-0.25, -0.2) is 0 Å². The van der Waals surface area contributed by atoms with Gasteiger partial charge in [0.2, 0.25) is 0 Å². The monoisotopic (exact) mass is 139 g/mol. The lowest BCUT2D eigenvalue weighted by Gasteiger charge is -2.18. The Labute approximate surface area is 60.8 Å². The second-order valence-corrected chi connectivity index (χ2v) is 3.06. The van der Waals surface area contributed by atoms with Crippen LogP contribution in [-0.4, -0.2) is 9.78 Å². The van der Waals surface area contributed by atoms with Gasteiger partial charge in [-0.15, -0.1) is 0 Å². The summed E-state index contributed by atoms with van der Waals surface area (Å²) < 4.78 is 1.75. The average molecular weight is 139 g/mol. The molecule has 56 valence electrons. The molecule has 0 aliphatic carbocycles. The van der Waals surface area contributed by atoms with Crippen LogP contribution in [0.25, 0.3) is 0 Å². The topological polar surface area (TPSA) is 43.8 Å². The predicted molar refractivity (Wildman–Crippen MR) is 40.5 cm³/mol. The third-order valence-electron chi connectivity index (χ3n) is 1.31. The summed E-state index contributed by atoms with van der Waals surface area (Å²) >= 11 is 0. The fraction of sp³-hybridized carbons (Fsp3) is 0.571. The maximum Gasteiger partial charge on any atom is 0.104 e. The van der Waals surface area contributed by atoms with Crippen LogP contribution >= 0.6 is 0 Å². The van der Waals surface area contributed by atoms with Gasteiger partial charge in [0, 0.05) is 6.20 Å². The van der Waals surface area contributed by atoms with Crippen LogP contribution < -0.4 is 5.73 Å². The van der Waals surface area contributed by atoms with Gasteiger partial charge in [0.1, 0.15) is 5.66 Å². The SMILES string of the molecule is Cc1ccn(C(C)(C)N)n1. The molecule has 0 saturated carbocycles. The Morgan fingerprint density at radius 3 is 2.40 bits per heavy atom. The van der Waals surface area contributed by atoms with Crippen LogP contribution in [0.5, 0.6) is 0 Å². The highest BCUT2D eigenvalue weighted by molar-refractivity contribution is 4.96. The van der Waals surface area contributed by atoms with Crippen molar-refractivity contribution < 1.29 is 0 Å². The first-order valence-electron chi connectivity index (χ1n) is 3.32. The molecular weight excluding hydrogens is 126 g/mol. The molecule has 1 rings (SSSR count). The van der Waals surface area contributed by atoms with E-state index in [0.717, 1.165) is 5.69 Å². The van der Waals surface area contributed by atoms with E-state index < -0.39 is 0 Å². The molecule has 1 heterocycles. The summed E-state index contributed by atoms with van der Waals surface area (Å²) in [7, 11) is 0. The van der Waals surface area contributed by atoms with Crippen molar-refractivity contribution in [3.8, 4) is 0 Å². The average Bonchev–Trinajstić information content (AvgIpc) is 2.11. The van der Waals surface area contributed by atoms with Gasteiger partial charge >= 0.3 is 0 Å². The summed E-state index contributed by atoms with van der Waals surface area (Å²) in [6.45, 7) is 5.78. The second-order valence-electron chi connectivity index (χ2n) is 3.06. The van der Waals surface area contributed by atoms with Crippen molar-refractivity contribution in [2.75, 3.05) is 0 Å². The predicted octanol–water partition coefficient (Wildman–Crippen LogP) is 0.843. The normalized spacial score (nSPS) is 12.0. The number of hydrogen-bond acceptors (Lipinski definition) is 2. The van der Waals surface area contributed by atoms with Crippen LogP contribution in [0.2, 0.25) is 0 Å². The molecule has 0 spiro atoms. The third kappa shape index (κ3) is 1.36. The lowest BCUT2D eigenvalue weighted by atomic mass is 10.3. The molecular formula is C7H13N3. The van der Waals surface area contributed by atoms with E-state index in [2.05, 4.69) is 5.10 Å². The first-order chi connectivity index (χ1) is 4.50. The van der Waals surface area contributed by atoms with Crippen molar-refractivity contribution in [3.05, 3.63) is 18.0 Å². The summed E-state index contributed by atoms with van der Waals surface area (Å²) in [5.41, 5.74) is 6.39. The van der Waals surface area contributed by atoms with Crippen LogP contribution in [0.4, 0.5) is 0 Å². The lowest BCUT2D eigenvalue weighted by molar-refractivity contribution is 0.331. The number of aromatic nitrogens is 2. The van der Waals surface area contributed by atoms with Gasteiger partial charge in [-0.2, -0.15) is 5.10 Å². The van der Waals surface area contributed by atoms with Gasteiger partial charge in [-0.1, -0.05) is 0 Å². The number of aryl methyl sites for hydroxylation is 1. The number of hydrogen-bond donors (Lipinski definition) is 1. The van der Waals surface area contributed by atoms with Gasteiger partial charge in [0.15, 0.2) is 0 Å². The maximum absolute atomic E-state index is 5.77. The van der Waals surface area contributed by atoms with Crippen LogP contribution in [-0.2, 0) is 5.66 Å². The summed E-state index contributed by atoms with van der Waals surface area (Å²) in [6, 6.07) is 1.94. The van der Waals surface area contributed by atoms with E-state index >= 15 is 0 Å². The molecule has 0 atom stereocenters. The Morgan fingerprint density at radius 2 is 2.20 bits per heavy atom. The van der Waals surface area contributed by atoms with Crippen molar-refractivity contribution >= 4 is 0 Å². The van der Waals surface area contributed by atoms with E-state index in [-0.39, 0.29) is 5.66 Å². The van der Waals surface area contributed by atoms with Crippen molar-refractivity contribution in [3.63, 3.8) is 0 Å². The Morgan fingerprint density at radius 1 is 1.60 bits per heavy atom. The Hall–Kier alpha value is -0.830. The maximum atomic E-state index is 5.77. The smallest absolute Gasteiger partial charge is 0.104 e. The summed E-state index contributed by atoms with van der Waals surface area (Å²) in [6.07, 6.45) is 1.88. The summed E-state index contributed by atoms with van der Waals surface area (Å²) in [4.78, 5) is 0. The number of nitrogens with zero attached hydrogens (tertiary/aromatic N) is 2. The van der Waals surface area contributed by atoms with E-state index in [9.17, 15) is 0 Å². The van der Waals surface area contributed by atoms with Crippen LogP contribution in [0, 0.1) is 6.92 Å². The standard InChI is InChI=1S/C7H13N3/c1-6-4-5-10(9-6)7(2,3)8/h4-5H,8H2,1-3H3. The minimum atomic E-state index is -0.381. The zero-order chi connectivity index (χ0) is 7.78. The molecule has 0 aliphatic rings. The molecule has 0 unspecified atom stereocenters. The van der Waals surface area contributed by atoms with Crippen LogP contribution in [0.15, 0.2) is 12.3 Å². The van der Waals surface area contributed by atoms with E-state index in [1.807, 2.05) is 33.0 Å². The highest BCUT2D eigenvalue weighted by Crippen LogP contribution is 2.05. The van der Waals surface area contributed by atoms with Gasteiger partial charge in [-0.3, -0.25) is 4.68 Å². The minimum Gasteiger partial charge on any atom is -0.308 e. The fourth-order valence-electron chi connectivity index (χ4n) is 0.736. The van der Waals surface area contributed by atoms with Gasteiger partial charge in [-0.05, 0) is 26.8 Å². The lowest BCUT2D eigenvalue weighted by Crippen LogP contribution is -2.36. The van der Waals surface area contributed by atoms with E-state index in [1.54, 1.807) is 4.68 Å². The molecule has 0 aliphatic heterocycles. The molecule has 10 heavy (non-hydrogen) atoms. The molecule has 0 fully saturated rings. The summed E-state index contributed by atoms with van der Waals surface area (Å²) in [5.74, 6) is 0. The molecule has 1 aromatic heterocycles. The fourth-order valence-corrected chi connectivity index (χ4v) is 0.736. The van der Waals surface area contributed by atoms with Crippen LogP contribution in [0.3, 0.4) is 0 Å². The highest BCUT2D eigenvalue weighted by atomic mass is 15.4. The Bertz CT molecular complexity index is 219. The second kappa shape index (κ2) is 2.09. The Kier molecular flexibility index (Phi) is 1.52. The van der Waals surface area contributed by atoms with Crippen molar-refractivity contribution in [2.24, 2.45) is 5.73 Å². The molecule has 0 bridgehead atoms. The zero-order valence-electron chi connectivity index (χ0n) is 6.63. The van der Waals surface area contributed by atoms with E-state index in [4.69, 9.17) is 5.73 Å². The summed E-state index contributed by atoms with van der Waals surface area (Å²) in [5, 5.41) is 4.17. The largest absolute Gasteiger partial charge is 0.308 e. The molecule has 3 nitrogen and oxygen atoms in total.